The highest BCUT2D eigenvalue weighted by molar-refractivity contribution is 5.86. The van der Waals surface area contributed by atoms with Crippen LogP contribution in [0.4, 0.5) is 0 Å². The van der Waals surface area contributed by atoms with Crippen molar-refractivity contribution in [2.75, 3.05) is 0 Å². The minimum absolute atomic E-state index is 0.175. The molecule has 5 nitrogen and oxygen atoms in total. The summed E-state index contributed by atoms with van der Waals surface area (Å²) in [5.74, 6) is -1.07. The first-order valence-corrected chi connectivity index (χ1v) is 5.29. The minimum Gasteiger partial charge on any atom is -0.508 e. The normalized spacial score (nSPS) is 10.2. The number of aromatic hydroxyl groups is 1. The lowest BCUT2D eigenvalue weighted by Crippen LogP contribution is -2.18. The quantitative estimate of drug-likeness (QED) is 0.761. The molecule has 0 spiro atoms. The topological polar surface area (TPSA) is 90.4 Å². The number of H-pyrrole nitrogens is 1. The highest BCUT2D eigenvalue weighted by Gasteiger charge is 2.08. The van der Waals surface area contributed by atoms with Crippen LogP contribution in [0.25, 0.3) is 0 Å². The van der Waals surface area contributed by atoms with Crippen molar-refractivity contribution in [3.63, 3.8) is 0 Å². The number of hydrogen-bond acceptors (Lipinski definition) is 3. The van der Waals surface area contributed by atoms with Crippen molar-refractivity contribution in [2.45, 2.75) is 6.42 Å². The SMILES string of the molecule is O=C(O)c1ccc(Cc2ccc(O)cc2)[nH]c1=O. The Balaban J connectivity index is 2.25. The highest BCUT2D eigenvalue weighted by Crippen LogP contribution is 2.12. The minimum atomic E-state index is -1.24. The van der Waals surface area contributed by atoms with Gasteiger partial charge in [-0.3, -0.25) is 4.79 Å². The molecule has 3 N–H and O–H groups in total. The Labute approximate surface area is 102 Å². The van der Waals surface area contributed by atoms with Gasteiger partial charge in [-0.1, -0.05) is 12.1 Å². The number of carbonyl (C=O) groups is 1. The number of hydrogen-bond donors (Lipinski definition) is 3. The van der Waals surface area contributed by atoms with E-state index in [4.69, 9.17) is 10.2 Å². The molecule has 1 aromatic carbocycles. The fourth-order valence-electron chi connectivity index (χ4n) is 1.62. The number of aromatic nitrogens is 1. The molecule has 2 rings (SSSR count). The molecule has 0 radical (unpaired) electrons. The summed E-state index contributed by atoms with van der Waals surface area (Å²) in [5.41, 5.74) is 0.644. The van der Waals surface area contributed by atoms with E-state index < -0.39 is 11.5 Å². The molecular weight excluding hydrogens is 234 g/mol. The lowest BCUT2D eigenvalue weighted by atomic mass is 10.1. The molecule has 0 saturated carbocycles. The van der Waals surface area contributed by atoms with Gasteiger partial charge in [0.05, 0.1) is 0 Å². The van der Waals surface area contributed by atoms with E-state index >= 15 is 0 Å². The number of nitrogens with one attached hydrogen (secondary N) is 1. The summed E-state index contributed by atoms with van der Waals surface area (Å²) in [4.78, 5) is 24.7. The third-order valence-electron chi connectivity index (χ3n) is 2.53. The Morgan fingerprint density at radius 2 is 1.78 bits per heavy atom. The van der Waals surface area contributed by atoms with Crippen LogP contribution in [0.5, 0.6) is 5.75 Å². The lowest BCUT2D eigenvalue weighted by molar-refractivity contribution is 0.0695. The average molecular weight is 245 g/mol. The van der Waals surface area contributed by atoms with Gasteiger partial charge in [0.1, 0.15) is 11.3 Å². The summed E-state index contributed by atoms with van der Waals surface area (Å²) < 4.78 is 0. The van der Waals surface area contributed by atoms with Gasteiger partial charge in [0, 0.05) is 12.1 Å². The van der Waals surface area contributed by atoms with E-state index in [1.165, 1.54) is 6.07 Å². The van der Waals surface area contributed by atoms with Crippen molar-refractivity contribution < 1.29 is 15.0 Å². The van der Waals surface area contributed by atoms with Crippen LogP contribution in [0.2, 0.25) is 0 Å². The van der Waals surface area contributed by atoms with E-state index in [0.29, 0.717) is 12.1 Å². The number of benzene rings is 1. The number of aromatic amines is 1. The van der Waals surface area contributed by atoms with Crippen molar-refractivity contribution in [2.24, 2.45) is 0 Å². The van der Waals surface area contributed by atoms with Crippen LogP contribution in [-0.2, 0) is 6.42 Å². The smallest absolute Gasteiger partial charge is 0.341 e. The largest absolute Gasteiger partial charge is 0.508 e. The van der Waals surface area contributed by atoms with Crippen LogP contribution in [0.1, 0.15) is 21.6 Å². The molecule has 92 valence electrons. The van der Waals surface area contributed by atoms with Crippen molar-refractivity contribution in [3.8, 4) is 5.75 Å². The zero-order valence-electron chi connectivity index (χ0n) is 9.38. The molecular formula is C13H11NO4. The zero-order chi connectivity index (χ0) is 13.1. The number of pyridine rings is 1. The number of rotatable bonds is 3. The molecule has 1 aromatic heterocycles. The molecule has 18 heavy (non-hydrogen) atoms. The molecule has 1 heterocycles. The Morgan fingerprint density at radius 1 is 1.11 bits per heavy atom. The Bertz CT molecular complexity index is 628. The van der Waals surface area contributed by atoms with Gasteiger partial charge in [-0.25, -0.2) is 4.79 Å². The molecule has 0 aliphatic carbocycles. The van der Waals surface area contributed by atoms with E-state index in [1.54, 1.807) is 30.3 Å². The fourth-order valence-corrected chi connectivity index (χ4v) is 1.62. The predicted octanol–water partition coefficient (Wildman–Crippen LogP) is 1.37. The van der Waals surface area contributed by atoms with Gasteiger partial charge in [0.2, 0.25) is 0 Å². The van der Waals surface area contributed by atoms with Crippen molar-refractivity contribution in [1.29, 1.82) is 0 Å². The fraction of sp³-hybridized carbons (Fsp3) is 0.0769. The summed E-state index contributed by atoms with van der Waals surface area (Å²) in [7, 11) is 0. The van der Waals surface area contributed by atoms with Gasteiger partial charge >= 0.3 is 5.97 Å². The van der Waals surface area contributed by atoms with Crippen molar-refractivity contribution >= 4 is 5.97 Å². The number of phenolic OH excluding ortho intramolecular Hbond substituents is 1. The van der Waals surface area contributed by atoms with E-state index in [2.05, 4.69) is 4.98 Å². The van der Waals surface area contributed by atoms with Crippen LogP contribution in [0.15, 0.2) is 41.2 Å². The van der Waals surface area contributed by atoms with E-state index in [1.807, 2.05) is 0 Å². The van der Waals surface area contributed by atoms with Gasteiger partial charge in [-0.15, -0.1) is 0 Å². The molecule has 0 saturated heterocycles. The van der Waals surface area contributed by atoms with Gasteiger partial charge < -0.3 is 15.2 Å². The highest BCUT2D eigenvalue weighted by atomic mass is 16.4. The van der Waals surface area contributed by atoms with Gasteiger partial charge in [0.25, 0.3) is 5.56 Å². The summed E-state index contributed by atoms with van der Waals surface area (Å²) in [6.45, 7) is 0. The van der Waals surface area contributed by atoms with Crippen LogP contribution >= 0.6 is 0 Å². The average Bonchev–Trinajstić information content (AvgIpc) is 2.32. The Hall–Kier alpha value is -2.56. The van der Waals surface area contributed by atoms with Crippen molar-refractivity contribution in [1.82, 2.24) is 4.98 Å². The molecule has 0 amide bonds. The number of phenols is 1. The van der Waals surface area contributed by atoms with E-state index in [9.17, 15) is 9.59 Å². The second-order valence-electron chi connectivity index (χ2n) is 3.87. The first kappa shape index (κ1) is 11.9. The van der Waals surface area contributed by atoms with Crippen LogP contribution in [-0.4, -0.2) is 21.2 Å². The number of carboxylic acid groups (broad SMARTS) is 1. The Morgan fingerprint density at radius 3 is 2.33 bits per heavy atom. The molecule has 0 atom stereocenters. The second-order valence-corrected chi connectivity index (χ2v) is 3.87. The molecule has 0 unspecified atom stereocenters. The maximum atomic E-state index is 11.4. The van der Waals surface area contributed by atoms with Crippen LogP contribution < -0.4 is 5.56 Å². The van der Waals surface area contributed by atoms with Gasteiger partial charge in [-0.05, 0) is 29.8 Å². The first-order chi connectivity index (χ1) is 8.56. The number of aromatic carboxylic acids is 1. The summed E-state index contributed by atoms with van der Waals surface area (Å²) >= 11 is 0. The predicted molar refractivity (Wildman–Crippen MR) is 64.9 cm³/mol. The molecule has 0 aliphatic rings. The summed E-state index contributed by atoms with van der Waals surface area (Å²) in [6.07, 6.45) is 0.468. The number of carboxylic acids is 1. The van der Waals surface area contributed by atoms with Gasteiger partial charge in [0.15, 0.2) is 0 Å². The zero-order valence-corrected chi connectivity index (χ0v) is 9.38. The maximum Gasteiger partial charge on any atom is 0.341 e. The summed E-state index contributed by atoms with van der Waals surface area (Å²) in [6, 6.07) is 9.43. The summed E-state index contributed by atoms with van der Waals surface area (Å²) in [5, 5.41) is 17.9. The molecule has 0 bridgehead atoms. The van der Waals surface area contributed by atoms with Crippen molar-refractivity contribution in [3.05, 3.63) is 63.6 Å². The molecule has 0 aliphatic heterocycles. The molecule has 5 heteroatoms. The van der Waals surface area contributed by atoms with Crippen LogP contribution in [0, 0.1) is 0 Å². The molecule has 2 aromatic rings. The Kier molecular flexibility index (Phi) is 3.14. The van der Waals surface area contributed by atoms with E-state index in [-0.39, 0.29) is 11.3 Å². The van der Waals surface area contributed by atoms with Crippen LogP contribution in [0.3, 0.4) is 0 Å². The van der Waals surface area contributed by atoms with Gasteiger partial charge in [-0.2, -0.15) is 0 Å². The third-order valence-corrected chi connectivity index (χ3v) is 2.53. The second kappa shape index (κ2) is 4.75. The third kappa shape index (κ3) is 2.57. The lowest BCUT2D eigenvalue weighted by Gasteiger charge is -2.03. The maximum absolute atomic E-state index is 11.4. The molecule has 0 fully saturated rings. The standard InChI is InChI=1S/C13H11NO4/c15-10-4-1-8(2-5-10)7-9-3-6-11(13(17)18)12(16)14-9/h1-6,15H,7H2,(H,14,16)(H,17,18). The monoisotopic (exact) mass is 245 g/mol. The van der Waals surface area contributed by atoms with E-state index in [0.717, 1.165) is 5.56 Å². The first-order valence-electron chi connectivity index (χ1n) is 5.29.